The van der Waals surface area contributed by atoms with Crippen LogP contribution >= 0.6 is 0 Å². The van der Waals surface area contributed by atoms with Crippen molar-refractivity contribution in [2.45, 2.75) is 51.1 Å². The summed E-state index contributed by atoms with van der Waals surface area (Å²) in [6.07, 6.45) is 0.999. The first-order chi connectivity index (χ1) is 21.7. The Morgan fingerprint density at radius 2 is 1.40 bits per heavy atom. The highest BCUT2D eigenvalue weighted by Gasteiger charge is 2.34. The molecule has 4 aromatic rings. The van der Waals surface area contributed by atoms with Gasteiger partial charge >= 0.3 is 0 Å². The number of anilines is 1. The number of aryl methyl sites for hydroxylation is 1. The molecule has 0 aliphatic rings. The summed E-state index contributed by atoms with van der Waals surface area (Å²) >= 11 is 0. The summed E-state index contributed by atoms with van der Waals surface area (Å²) in [5, 5.41) is 2.96. The molecule has 4 rings (SSSR count). The van der Waals surface area contributed by atoms with Gasteiger partial charge in [0.25, 0.3) is 10.0 Å². The van der Waals surface area contributed by atoms with E-state index in [0.717, 1.165) is 27.4 Å². The Hall–Kier alpha value is -4.63. The number of hydrogen-bond acceptors (Lipinski definition) is 5. The predicted molar refractivity (Wildman–Crippen MR) is 178 cm³/mol. The Kier molecular flexibility index (Phi) is 11.8. The Morgan fingerprint density at radius 1 is 0.800 bits per heavy atom. The van der Waals surface area contributed by atoms with E-state index in [2.05, 4.69) is 5.32 Å². The van der Waals surface area contributed by atoms with Gasteiger partial charge in [0.05, 0.1) is 17.2 Å². The topological polar surface area (TPSA) is 96.0 Å². The van der Waals surface area contributed by atoms with E-state index in [1.807, 2.05) is 81.4 Å². The molecule has 2 amide bonds. The van der Waals surface area contributed by atoms with Gasteiger partial charge in [-0.05, 0) is 67.8 Å². The second kappa shape index (κ2) is 15.9. The number of carbonyl (C=O) groups excluding carboxylic acids is 2. The van der Waals surface area contributed by atoms with E-state index in [1.165, 1.54) is 17.0 Å². The third-order valence-corrected chi connectivity index (χ3v) is 9.13. The van der Waals surface area contributed by atoms with Crippen LogP contribution in [-0.4, -0.2) is 50.9 Å². The monoisotopic (exact) mass is 627 g/mol. The lowest BCUT2D eigenvalue weighted by Crippen LogP contribution is -2.53. The minimum absolute atomic E-state index is 0.0610. The zero-order valence-corrected chi connectivity index (χ0v) is 26.9. The van der Waals surface area contributed by atoms with Gasteiger partial charge in [0.2, 0.25) is 11.8 Å². The molecule has 0 aromatic heterocycles. The lowest BCUT2D eigenvalue weighted by atomic mass is 10.0. The van der Waals surface area contributed by atoms with Crippen LogP contribution in [0.4, 0.5) is 5.69 Å². The number of sulfonamides is 1. The second-order valence-electron chi connectivity index (χ2n) is 10.8. The van der Waals surface area contributed by atoms with Gasteiger partial charge in [-0.3, -0.25) is 13.9 Å². The zero-order chi connectivity index (χ0) is 32.2. The predicted octanol–water partition coefficient (Wildman–Crippen LogP) is 5.76. The number of carbonyl (C=O) groups is 2. The summed E-state index contributed by atoms with van der Waals surface area (Å²) in [5.41, 5.74) is 2.92. The molecule has 0 saturated carbocycles. The molecule has 236 valence electrons. The van der Waals surface area contributed by atoms with Gasteiger partial charge in [0, 0.05) is 19.5 Å². The molecule has 0 fully saturated rings. The maximum atomic E-state index is 14.5. The smallest absolute Gasteiger partial charge is 0.264 e. The highest BCUT2D eigenvalue weighted by Crippen LogP contribution is 2.27. The summed E-state index contributed by atoms with van der Waals surface area (Å²) in [6.45, 7) is 6.23. The number of nitrogens with one attached hydrogen (secondary N) is 1. The van der Waals surface area contributed by atoms with Gasteiger partial charge in [0.15, 0.2) is 0 Å². The molecule has 9 heteroatoms. The molecule has 0 aliphatic heterocycles. The minimum atomic E-state index is -4.17. The first-order valence-corrected chi connectivity index (χ1v) is 16.6. The quantitative estimate of drug-likeness (QED) is 0.181. The van der Waals surface area contributed by atoms with E-state index < -0.39 is 28.5 Å². The van der Waals surface area contributed by atoms with Crippen molar-refractivity contribution < 1.29 is 22.7 Å². The number of hydrogen-bond donors (Lipinski definition) is 1. The van der Waals surface area contributed by atoms with Crippen molar-refractivity contribution in [3.63, 3.8) is 0 Å². The first kappa shape index (κ1) is 33.3. The third kappa shape index (κ3) is 8.95. The first-order valence-electron chi connectivity index (χ1n) is 15.2. The summed E-state index contributed by atoms with van der Waals surface area (Å²) in [5.74, 6) is -0.212. The van der Waals surface area contributed by atoms with Crippen molar-refractivity contribution in [3.8, 4) is 5.75 Å². The van der Waals surface area contributed by atoms with Gasteiger partial charge in [-0.15, -0.1) is 0 Å². The molecule has 0 saturated heterocycles. The van der Waals surface area contributed by atoms with E-state index in [9.17, 15) is 18.0 Å². The third-order valence-electron chi connectivity index (χ3n) is 7.34. The summed E-state index contributed by atoms with van der Waals surface area (Å²) < 4.78 is 35.0. The second-order valence-corrected chi connectivity index (χ2v) is 12.6. The number of ether oxygens (including phenoxy) is 1. The Morgan fingerprint density at radius 3 is 1.98 bits per heavy atom. The normalized spacial score (nSPS) is 11.8. The fraction of sp³-hybridized carbons (Fsp3) is 0.278. The maximum Gasteiger partial charge on any atom is 0.264 e. The lowest BCUT2D eigenvalue weighted by Gasteiger charge is -2.34. The Bertz CT molecular complexity index is 1630. The van der Waals surface area contributed by atoms with Gasteiger partial charge < -0.3 is 15.0 Å². The largest absolute Gasteiger partial charge is 0.494 e. The van der Waals surface area contributed by atoms with Crippen LogP contribution in [0.2, 0.25) is 0 Å². The zero-order valence-electron chi connectivity index (χ0n) is 26.1. The van der Waals surface area contributed by atoms with Crippen LogP contribution in [0.15, 0.2) is 114 Å². The molecular weight excluding hydrogens is 586 g/mol. The molecule has 8 nitrogen and oxygen atoms in total. The van der Waals surface area contributed by atoms with Gasteiger partial charge in [0.1, 0.15) is 18.3 Å². The lowest BCUT2D eigenvalue weighted by molar-refractivity contribution is -0.140. The molecule has 1 unspecified atom stereocenters. The average molecular weight is 628 g/mol. The molecule has 0 bridgehead atoms. The van der Waals surface area contributed by atoms with Crippen molar-refractivity contribution in [2.24, 2.45) is 0 Å². The van der Waals surface area contributed by atoms with Crippen LogP contribution in [-0.2, 0) is 32.6 Å². The van der Waals surface area contributed by atoms with Crippen molar-refractivity contribution in [1.29, 1.82) is 0 Å². The molecule has 0 aliphatic carbocycles. The van der Waals surface area contributed by atoms with E-state index in [0.29, 0.717) is 24.6 Å². The van der Waals surface area contributed by atoms with Crippen LogP contribution < -0.4 is 14.4 Å². The molecule has 1 atom stereocenters. The number of amides is 2. The standard InChI is InChI=1S/C36H41N3O5S/c1-4-24-37-36(41)34(25-29-12-8-6-9-13-29)38(26-30-14-10-7-11-15-30)35(40)27-39(31-18-20-32(21-19-31)44-5-2)45(42,43)33-22-16-28(3)17-23-33/h6-23,34H,4-5,24-27H2,1-3H3,(H,37,41). The molecule has 0 spiro atoms. The highest BCUT2D eigenvalue weighted by molar-refractivity contribution is 7.92. The minimum Gasteiger partial charge on any atom is -0.494 e. The van der Waals surface area contributed by atoms with Crippen molar-refractivity contribution in [1.82, 2.24) is 10.2 Å². The average Bonchev–Trinajstić information content (AvgIpc) is 3.05. The fourth-order valence-electron chi connectivity index (χ4n) is 4.94. The Labute approximate surface area is 266 Å². The molecular formula is C36H41N3O5S. The van der Waals surface area contributed by atoms with Gasteiger partial charge in [-0.2, -0.15) is 0 Å². The summed E-state index contributed by atoms with van der Waals surface area (Å²) in [6, 6.07) is 31.2. The van der Waals surface area contributed by atoms with Crippen LogP contribution in [0, 0.1) is 6.92 Å². The Balaban J connectivity index is 1.78. The van der Waals surface area contributed by atoms with E-state index in [-0.39, 0.29) is 23.8 Å². The van der Waals surface area contributed by atoms with E-state index >= 15 is 0 Å². The van der Waals surface area contributed by atoms with Crippen LogP contribution in [0.1, 0.15) is 37.0 Å². The number of benzene rings is 4. The number of rotatable bonds is 15. The molecule has 1 N–H and O–H groups in total. The maximum absolute atomic E-state index is 14.5. The molecule has 45 heavy (non-hydrogen) atoms. The van der Waals surface area contributed by atoms with E-state index in [1.54, 1.807) is 36.4 Å². The van der Waals surface area contributed by atoms with Crippen LogP contribution in [0.25, 0.3) is 0 Å². The van der Waals surface area contributed by atoms with Crippen molar-refractivity contribution in [3.05, 3.63) is 126 Å². The van der Waals surface area contributed by atoms with Crippen LogP contribution in [0.3, 0.4) is 0 Å². The fourth-order valence-corrected chi connectivity index (χ4v) is 6.36. The van der Waals surface area contributed by atoms with Gasteiger partial charge in [-0.25, -0.2) is 8.42 Å². The van der Waals surface area contributed by atoms with Gasteiger partial charge in [-0.1, -0.05) is 85.3 Å². The SMILES string of the molecule is CCCNC(=O)C(Cc1ccccc1)N(Cc1ccccc1)C(=O)CN(c1ccc(OCC)cc1)S(=O)(=O)c1ccc(C)cc1. The molecule has 0 radical (unpaired) electrons. The summed E-state index contributed by atoms with van der Waals surface area (Å²) in [4.78, 5) is 29.7. The number of nitrogens with zero attached hydrogens (tertiary/aromatic N) is 2. The van der Waals surface area contributed by atoms with Crippen molar-refractivity contribution >= 4 is 27.5 Å². The van der Waals surface area contributed by atoms with Crippen LogP contribution in [0.5, 0.6) is 5.75 Å². The van der Waals surface area contributed by atoms with E-state index in [4.69, 9.17) is 4.74 Å². The molecule has 0 heterocycles. The highest BCUT2D eigenvalue weighted by atomic mass is 32.2. The van der Waals surface area contributed by atoms with Crippen molar-refractivity contribution in [2.75, 3.05) is 24.0 Å². The molecule has 4 aromatic carbocycles. The summed E-state index contributed by atoms with van der Waals surface area (Å²) in [7, 11) is -4.17.